The fourth-order valence-electron chi connectivity index (χ4n) is 2.50. The molecule has 0 aromatic heterocycles. The molecule has 1 fully saturated rings. The Bertz CT molecular complexity index is 459. The summed E-state index contributed by atoms with van der Waals surface area (Å²) >= 11 is 0. The molecule has 98 valence electrons. The third-order valence-electron chi connectivity index (χ3n) is 3.63. The van der Waals surface area contributed by atoms with Gasteiger partial charge in [0.1, 0.15) is 5.75 Å². The summed E-state index contributed by atoms with van der Waals surface area (Å²) in [6.07, 6.45) is 2.44. The molecule has 0 radical (unpaired) electrons. The van der Waals surface area contributed by atoms with Crippen molar-refractivity contribution in [1.29, 1.82) is 0 Å². The number of ether oxygens (including phenoxy) is 1. The van der Waals surface area contributed by atoms with Crippen molar-refractivity contribution >= 4 is 5.97 Å². The van der Waals surface area contributed by atoms with Gasteiger partial charge in [0, 0.05) is 5.56 Å². The number of hydrogen-bond donors (Lipinski definition) is 1. The zero-order valence-electron chi connectivity index (χ0n) is 11.2. The molecule has 1 aliphatic carbocycles. The Morgan fingerprint density at radius 3 is 2.50 bits per heavy atom. The van der Waals surface area contributed by atoms with Gasteiger partial charge in [0.25, 0.3) is 0 Å². The molecule has 0 spiro atoms. The molecular weight excluding hydrogens is 228 g/mol. The molecule has 1 aromatic rings. The molecule has 1 aromatic carbocycles. The second-order valence-electron chi connectivity index (χ2n) is 5.41. The maximum absolute atomic E-state index is 11.6. The van der Waals surface area contributed by atoms with E-state index in [1.165, 1.54) is 0 Å². The summed E-state index contributed by atoms with van der Waals surface area (Å²) < 4.78 is 5.77. The van der Waals surface area contributed by atoms with Gasteiger partial charge in [-0.25, -0.2) is 0 Å². The first-order valence-corrected chi connectivity index (χ1v) is 6.47. The molecule has 0 unspecified atom stereocenters. The average Bonchev–Trinajstić information content (AvgIpc) is 2.19. The van der Waals surface area contributed by atoms with Gasteiger partial charge in [-0.2, -0.15) is 0 Å². The highest BCUT2D eigenvalue weighted by Gasteiger charge is 2.47. The van der Waals surface area contributed by atoms with Gasteiger partial charge in [0.2, 0.25) is 0 Å². The van der Waals surface area contributed by atoms with Gasteiger partial charge >= 0.3 is 5.97 Å². The van der Waals surface area contributed by atoms with Crippen LogP contribution < -0.4 is 4.74 Å². The second-order valence-corrected chi connectivity index (χ2v) is 5.41. The molecule has 1 N–H and O–H groups in total. The van der Waals surface area contributed by atoms with Crippen molar-refractivity contribution in [1.82, 2.24) is 0 Å². The van der Waals surface area contributed by atoms with Crippen LogP contribution in [0.25, 0.3) is 0 Å². The van der Waals surface area contributed by atoms with Gasteiger partial charge in [0.05, 0.1) is 11.5 Å². The first-order valence-electron chi connectivity index (χ1n) is 6.47. The molecule has 0 amide bonds. The minimum absolute atomic E-state index is 0.0531. The Labute approximate surface area is 108 Å². The Kier molecular flexibility index (Phi) is 3.33. The fourth-order valence-corrected chi connectivity index (χ4v) is 2.50. The van der Waals surface area contributed by atoms with Crippen LogP contribution in [0.15, 0.2) is 18.2 Å². The monoisotopic (exact) mass is 248 g/mol. The van der Waals surface area contributed by atoms with Gasteiger partial charge in [0.15, 0.2) is 0 Å². The van der Waals surface area contributed by atoms with Crippen LogP contribution in [0, 0.1) is 6.92 Å². The Balaban J connectivity index is 2.47. The number of aryl methyl sites for hydroxylation is 1. The van der Waals surface area contributed by atoms with Crippen LogP contribution >= 0.6 is 0 Å². The first kappa shape index (κ1) is 12.9. The highest BCUT2D eigenvalue weighted by Crippen LogP contribution is 2.47. The number of carboxylic acids is 1. The summed E-state index contributed by atoms with van der Waals surface area (Å²) in [5, 5.41) is 9.53. The zero-order valence-corrected chi connectivity index (χ0v) is 11.2. The Hall–Kier alpha value is -1.51. The molecule has 0 atom stereocenters. The van der Waals surface area contributed by atoms with Crippen molar-refractivity contribution in [3.63, 3.8) is 0 Å². The van der Waals surface area contributed by atoms with E-state index in [-0.39, 0.29) is 6.10 Å². The lowest BCUT2D eigenvalue weighted by molar-refractivity contribution is -0.147. The van der Waals surface area contributed by atoms with E-state index in [1.807, 2.05) is 39.0 Å². The quantitative estimate of drug-likeness (QED) is 0.889. The fraction of sp³-hybridized carbons (Fsp3) is 0.533. The van der Waals surface area contributed by atoms with Gasteiger partial charge in [-0.15, -0.1) is 0 Å². The van der Waals surface area contributed by atoms with Crippen LogP contribution in [-0.4, -0.2) is 17.2 Å². The number of benzene rings is 1. The van der Waals surface area contributed by atoms with Crippen LogP contribution in [0.1, 0.15) is 44.2 Å². The molecular formula is C15H20O3. The molecule has 0 saturated heterocycles. The molecule has 18 heavy (non-hydrogen) atoms. The lowest BCUT2D eigenvalue weighted by Gasteiger charge is -2.39. The predicted molar refractivity (Wildman–Crippen MR) is 70.1 cm³/mol. The van der Waals surface area contributed by atoms with E-state index < -0.39 is 11.4 Å². The Morgan fingerprint density at radius 2 is 2.06 bits per heavy atom. The van der Waals surface area contributed by atoms with Gasteiger partial charge < -0.3 is 9.84 Å². The zero-order chi connectivity index (χ0) is 13.3. The number of carboxylic acid groups (broad SMARTS) is 1. The summed E-state index contributed by atoms with van der Waals surface area (Å²) in [6.45, 7) is 5.90. The number of carbonyl (C=O) groups is 1. The van der Waals surface area contributed by atoms with E-state index in [9.17, 15) is 9.90 Å². The first-order chi connectivity index (χ1) is 8.45. The number of hydrogen-bond acceptors (Lipinski definition) is 2. The van der Waals surface area contributed by atoms with Gasteiger partial charge in [-0.3, -0.25) is 4.79 Å². The summed E-state index contributed by atoms with van der Waals surface area (Å²) in [7, 11) is 0. The second kappa shape index (κ2) is 4.63. The van der Waals surface area contributed by atoms with Crippen LogP contribution in [0.5, 0.6) is 5.75 Å². The topological polar surface area (TPSA) is 46.5 Å². The van der Waals surface area contributed by atoms with Crippen LogP contribution in [-0.2, 0) is 10.2 Å². The Morgan fingerprint density at radius 1 is 1.39 bits per heavy atom. The highest BCUT2D eigenvalue weighted by molar-refractivity contribution is 5.83. The SMILES string of the molecule is Cc1ccc(OC(C)C)c(C2(C(=O)O)CCC2)c1. The van der Waals surface area contributed by atoms with Crippen molar-refractivity contribution < 1.29 is 14.6 Å². The van der Waals surface area contributed by atoms with Crippen LogP contribution in [0.2, 0.25) is 0 Å². The van der Waals surface area contributed by atoms with E-state index in [4.69, 9.17) is 4.74 Å². The number of aliphatic carboxylic acids is 1. The molecule has 1 saturated carbocycles. The third kappa shape index (κ3) is 2.09. The van der Waals surface area contributed by atoms with Crippen LogP contribution in [0.4, 0.5) is 0 Å². The normalized spacial score (nSPS) is 17.3. The maximum Gasteiger partial charge on any atom is 0.314 e. The third-order valence-corrected chi connectivity index (χ3v) is 3.63. The summed E-state index contributed by atoms with van der Waals surface area (Å²) in [6, 6.07) is 5.83. The van der Waals surface area contributed by atoms with E-state index >= 15 is 0 Å². The minimum atomic E-state index is -0.729. The highest BCUT2D eigenvalue weighted by atomic mass is 16.5. The molecule has 3 heteroatoms. The lowest BCUT2D eigenvalue weighted by atomic mass is 9.64. The van der Waals surface area contributed by atoms with Crippen molar-refractivity contribution in [2.24, 2.45) is 0 Å². The summed E-state index contributed by atoms with van der Waals surface area (Å²) in [4.78, 5) is 11.6. The predicted octanol–water partition coefficient (Wildman–Crippen LogP) is 3.29. The number of rotatable bonds is 4. The summed E-state index contributed by atoms with van der Waals surface area (Å²) in [5.74, 6) is -0.00865. The van der Waals surface area contributed by atoms with E-state index in [0.29, 0.717) is 12.8 Å². The van der Waals surface area contributed by atoms with Crippen molar-refractivity contribution in [3.05, 3.63) is 29.3 Å². The van der Waals surface area contributed by atoms with E-state index in [1.54, 1.807) is 0 Å². The lowest BCUT2D eigenvalue weighted by Crippen LogP contribution is -2.42. The van der Waals surface area contributed by atoms with Crippen LogP contribution in [0.3, 0.4) is 0 Å². The van der Waals surface area contributed by atoms with Crippen molar-refractivity contribution in [2.75, 3.05) is 0 Å². The average molecular weight is 248 g/mol. The van der Waals surface area contributed by atoms with Gasteiger partial charge in [-0.05, 0) is 39.7 Å². The van der Waals surface area contributed by atoms with Crippen molar-refractivity contribution in [2.45, 2.75) is 51.6 Å². The van der Waals surface area contributed by atoms with Crippen molar-refractivity contribution in [3.8, 4) is 5.75 Å². The maximum atomic E-state index is 11.6. The van der Waals surface area contributed by atoms with E-state index in [0.717, 1.165) is 23.3 Å². The van der Waals surface area contributed by atoms with E-state index in [2.05, 4.69) is 0 Å². The molecule has 1 aliphatic rings. The largest absolute Gasteiger partial charge is 0.491 e. The van der Waals surface area contributed by atoms with Gasteiger partial charge in [-0.1, -0.05) is 24.1 Å². The standard InChI is InChI=1S/C15H20O3/c1-10(2)18-13-6-5-11(3)9-12(13)15(14(16)17)7-4-8-15/h5-6,9-10H,4,7-8H2,1-3H3,(H,16,17). The molecule has 0 bridgehead atoms. The molecule has 2 rings (SSSR count). The molecule has 0 heterocycles. The minimum Gasteiger partial charge on any atom is -0.491 e. The molecule has 0 aliphatic heterocycles. The summed E-state index contributed by atoms with van der Waals surface area (Å²) in [5.41, 5.74) is 1.19. The molecule has 3 nitrogen and oxygen atoms in total. The smallest absolute Gasteiger partial charge is 0.314 e.